The lowest BCUT2D eigenvalue weighted by Gasteiger charge is -2.33. The van der Waals surface area contributed by atoms with Crippen molar-refractivity contribution in [2.45, 2.75) is 19.5 Å². The van der Waals surface area contributed by atoms with Gasteiger partial charge in [0, 0.05) is 71.2 Å². The van der Waals surface area contributed by atoms with Crippen LogP contribution in [0.3, 0.4) is 0 Å². The molecular weight excluding hydrogens is 328 g/mol. The van der Waals surface area contributed by atoms with Crippen LogP contribution in [0, 0.1) is 0 Å². The lowest BCUT2D eigenvalue weighted by molar-refractivity contribution is 0.122. The molecule has 1 fully saturated rings. The van der Waals surface area contributed by atoms with Crippen LogP contribution in [0.4, 0.5) is 11.8 Å². The number of fused-ring (bicyclic) bond motifs is 1. The van der Waals surface area contributed by atoms with Crippen molar-refractivity contribution in [3.8, 4) is 0 Å². The van der Waals surface area contributed by atoms with E-state index in [1.807, 2.05) is 12.4 Å². The third-order valence-electron chi connectivity index (χ3n) is 4.98. The first-order valence-corrected chi connectivity index (χ1v) is 9.22. The van der Waals surface area contributed by atoms with Crippen LogP contribution in [0.25, 0.3) is 0 Å². The molecule has 2 aromatic rings. The number of hydrogen-bond acceptors (Lipinski definition) is 7. The van der Waals surface area contributed by atoms with Crippen molar-refractivity contribution in [1.29, 1.82) is 0 Å². The van der Waals surface area contributed by atoms with Crippen molar-refractivity contribution in [2.24, 2.45) is 0 Å². The molecule has 0 aromatic carbocycles. The van der Waals surface area contributed by atoms with Gasteiger partial charge >= 0.3 is 0 Å². The predicted octanol–water partition coefficient (Wildman–Crippen LogP) is 1.33. The van der Waals surface area contributed by atoms with Crippen molar-refractivity contribution >= 4 is 11.8 Å². The second-order valence-electron chi connectivity index (χ2n) is 7.08. The zero-order chi connectivity index (χ0) is 17.9. The topological polar surface area (TPSA) is 57.6 Å². The van der Waals surface area contributed by atoms with E-state index in [2.05, 4.69) is 45.9 Å². The molecule has 7 nitrogen and oxygen atoms in total. The largest absolute Gasteiger partial charge is 0.378 e. The van der Waals surface area contributed by atoms with Crippen LogP contribution >= 0.6 is 0 Å². The molecule has 4 rings (SSSR count). The molecular formula is C19H26N6O. The van der Waals surface area contributed by atoms with Gasteiger partial charge in [0.1, 0.15) is 5.82 Å². The number of aromatic nitrogens is 3. The standard InChI is InChI=1S/C19H26N6O/c1-23(2)18-16-14-24(13-15-3-6-20-7-4-15)8-5-17(16)21-19(22-18)25-9-11-26-12-10-25/h3-4,6-7H,5,8-14H2,1-2H3. The normalized spacial score (nSPS) is 17.8. The molecule has 2 aliphatic rings. The van der Waals surface area contributed by atoms with E-state index in [0.29, 0.717) is 0 Å². The maximum Gasteiger partial charge on any atom is 0.227 e. The molecule has 0 spiro atoms. The van der Waals surface area contributed by atoms with Crippen molar-refractivity contribution in [2.75, 3.05) is 56.7 Å². The molecule has 7 heteroatoms. The second kappa shape index (κ2) is 7.55. The molecule has 2 aliphatic heterocycles. The van der Waals surface area contributed by atoms with Crippen LogP contribution in [-0.2, 0) is 24.2 Å². The highest BCUT2D eigenvalue weighted by Gasteiger charge is 2.25. The Morgan fingerprint density at radius 1 is 1.08 bits per heavy atom. The minimum atomic E-state index is 0.747. The quantitative estimate of drug-likeness (QED) is 0.821. The molecule has 2 aromatic heterocycles. The highest BCUT2D eigenvalue weighted by molar-refractivity contribution is 5.53. The van der Waals surface area contributed by atoms with E-state index in [0.717, 1.165) is 64.1 Å². The maximum absolute atomic E-state index is 5.46. The fraction of sp³-hybridized carbons (Fsp3) is 0.526. The smallest absolute Gasteiger partial charge is 0.227 e. The van der Waals surface area contributed by atoms with E-state index in [9.17, 15) is 0 Å². The van der Waals surface area contributed by atoms with Gasteiger partial charge < -0.3 is 14.5 Å². The predicted molar refractivity (Wildman–Crippen MR) is 101 cm³/mol. The molecule has 4 heterocycles. The number of morpholine rings is 1. The van der Waals surface area contributed by atoms with Gasteiger partial charge in [-0.05, 0) is 17.7 Å². The molecule has 1 saturated heterocycles. The third kappa shape index (κ3) is 3.64. The van der Waals surface area contributed by atoms with E-state index in [1.54, 1.807) is 0 Å². The Morgan fingerprint density at radius 2 is 1.85 bits per heavy atom. The number of rotatable bonds is 4. The molecule has 26 heavy (non-hydrogen) atoms. The molecule has 0 saturated carbocycles. The van der Waals surface area contributed by atoms with E-state index >= 15 is 0 Å². The SMILES string of the molecule is CN(C)c1nc(N2CCOCC2)nc2c1CN(Cc1ccncc1)CC2. The molecule has 0 bridgehead atoms. The lowest BCUT2D eigenvalue weighted by Crippen LogP contribution is -2.39. The number of hydrogen-bond donors (Lipinski definition) is 0. The average Bonchev–Trinajstić information content (AvgIpc) is 2.68. The minimum Gasteiger partial charge on any atom is -0.378 e. The Balaban J connectivity index is 1.59. The zero-order valence-corrected chi connectivity index (χ0v) is 15.6. The average molecular weight is 354 g/mol. The van der Waals surface area contributed by atoms with Crippen LogP contribution < -0.4 is 9.80 Å². The first-order chi connectivity index (χ1) is 12.7. The number of nitrogens with zero attached hydrogens (tertiary/aromatic N) is 6. The zero-order valence-electron chi connectivity index (χ0n) is 15.6. The fourth-order valence-electron chi connectivity index (χ4n) is 3.60. The summed E-state index contributed by atoms with van der Waals surface area (Å²) in [6.45, 7) is 6.05. The molecule has 0 radical (unpaired) electrons. The van der Waals surface area contributed by atoms with E-state index in [4.69, 9.17) is 14.7 Å². The lowest BCUT2D eigenvalue weighted by atomic mass is 10.0. The highest BCUT2D eigenvalue weighted by atomic mass is 16.5. The van der Waals surface area contributed by atoms with Crippen molar-refractivity contribution in [3.05, 3.63) is 41.3 Å². The first-order valence-electron chi connectivity index (χ1n) is 9.22. The van der Waals surface area contributed by atoms with Crippen molar-refractivity contribution in [3.63, 3.8) is 0 Å². The van der Waals surface area contributed by atoms with Crippen molar-refractivity contribution in [1.82, 2.24) is 19.9 Å². The Kier molecular flexibility index (Phi) is 4.99. The monoisotopic (exact) mass is 354 g/mol. The maximum atomic E-state index is 5.46. The van der Waals surface area contributed by atoms with Crippen molar-refractivity contribution < 1.29 is 4.74 Å². The Bertz CT molecular complexity index is 745. The van der Waals surface area contributed by atoms with Gasteiger partial charge in [0.15, 0.2) is 0 Å². The highest BCUT2D eigenvalue weighted by Crippen LogP contribution is 2.28. The summed E-state index contributed by atoms with van der Waals surface area (Å²) in [6.07, 6.45) is 4.67. The minimum absolute atomic E-state index is 0.747. The Labute approximate surface area is 154 Å². The molecule has 0 aliphatic carbocycles. The third-order valence-corrected chi connectivity index (χ3v) is 4.98. The summed E-state index contributed by atoms with van der Waals surface area (Å²) in [5.74, 6) is 1.88. The van der Waals surface area contributed by atoms with E-state index < -0.39 is 0 Å². The summed E-state index contributed by atoms with van der Waals surface area (Å²) in [5, 5.41) is 0. The van der Waals surface area contributed by atoms with Gasteiger partial charge in [-0.2, -0.15) is 4.98 Å². The fourth-order valence-corrected chi connectivity index (χ4v) is 3.60. The Hall–Kier alpha value is -2.25. The molecule has 0 unspecified atom stereocenters. The van der Waals surface area contributed by atoms with Gasteiger partial charge in [-0.15, -0.1) is 0 Å². The summed E-state index contributed by atoms with van der Waals surface area (Å²) < 4.78 is 5.46. The molecule has 0 N–H and O–H groups in total. The number of pyridine rings is 1. The first kappa shape index (κ1) is 17.2. The van der Waals surface area contributed by atoms with Crippen LogP contribution in [0.15, 0.2) is 24.5 Å². The Morgan fingerprint density at radius 3 is 2.58 bits per heavy atom. The van der Waals surface area contributed by atoms with Gasteiger partial charge in [0.2, 0.25) is 5.95 Å². The summed E-state index contributed by atoms with van der Waals surface area (Å²) in [4.78, 5) is 20.7. The second-order valence-corrected chi connectivity index (χ2v) is 7.08. The summed E-state index contributed by atoms with van der Waals surface area (Å²) in [7, 11) is 4.13. The molecule has 0 amide bonds. The van der Waals surface area contributed by atoms with Gasteiger partial charge in [0.05, 0.1) is 18.9 Å². The summed E-state index contributed by atoms with van der Waals surface area (Å²) >= 11 is 0. The summed E-state index contributed by atoms with van der Waals surface area (Å²) in [5.41, 5.74) is 3.74. The van der Waals surface area contributed by atoms with E-state index in [-0.39, 0.29) is 0 Å². The van der Waals surface area contributed by atoms with Gasteiger partial charge in [-0.1, -0.05) is 0 Å². The van der Waals surface area contributed by atoms with Crippen LogP contribution in [0.5, 0.6) is 0 Å². The molecule has 138 valence electrons. The van der Waals surface area contributed by atoms with Crippen LogP contribution in [0.2, 0.25) is 0 Å². The van der Waals surface area contributed by atoms with Gasteiger partial charge in [-0.3, -0.25) is 9.88 Å². The van der Waals surface area contributed by atoms with Gasteiger partial charge in [0.25, 0.3) is 0 Å². The number of ether oxygens (including phenoxy) is 1. The summed E-state index contributed by atoms with van der Waals surface area (Å²) in [6, 6.07) is 4.17. The van der Waals surface area contributed by atoms with Crippen LogP contribution in [-0.4, -0.2) is 66.8 Å². The number of anilines is 2. The van der Waals surface area contributed by atoms with Gasteiger partial charge in [-0.25, -0.2) is 4.98 Å². The van der Waals surface area contributed by atoms with Crippen LogP contribution in [0.1, 0.15) is 16.8 Å². The van der Waals surface area contributed by atoms with E-state index in [1.165, 1.54) is 16.8 Å². The molecule has 0 atom stereocenters.